The Morgan fingerprint density at radius 1 is 1.08 bits per heavy atom. The van der Waals surface area contributed by atoms with Crippen LogP contribution in [-0.2, 0) is 10.9 Å². The minimum absolute atomic E-state index is 0.0668. The fourth-order valence-corrected chi connectivity index (χ4v) is 1.74. The highest BCUT2D eigenvalue weighted by Crippen LogP contribution is 2.29. The fourth-order valence-electron chi connectivity index (χ4n) is 1.74. The van der Waals surface area contributed by atoms with Crippen molar-refractivity contribution in [2.45, 2.75) is 12.4 Å². The van der Waals surface area contributed by atoms with E-state index in [9.17, 15) is 31.1 Å². The molecule has 1 aromatic carbocycles. The highest BCUT2D eigenvalue weighted by Gasteiger charge is 2.30. The number of hydrogen-bond donors (Lipinski definition) is 2. The predicted octanol–water partition coefficient (Wildman–Crippen LogP) is 3.11. The normalized spacial score (nSPS) is 12.1. The van der Waals surface area contributed by atoms with Gasteiger partial charge in [0.1, 0.15) is 6.61 Å². The molecule has 0 radical (unpaired) electrons. The van der Waals surface area contributed by atoms with Crippen LogP contribution in [0.5, 0.6) is 0 Å². The highest BCUT2D eigenvalue weighted by molar-refractivity contribution is 5.89. The van der Waals surface area contributed by atoms with Crippen LogP contribution in [0.3, 0.4) is 0 Å². The lowest BCUT2D eigenvalue weighted by atomic mass is 10.2. The molecule has 25 heavy (non-hydrogen) atoms. The average molecular weight is 374 g/mol. The molecule has 0 spiro atoms. The van der Waals surface area contributed by atoms with E-state index < -0.39 is 43.8 Å². The van der Waals surface area contributed by atoms with Gasteiger partial charge in [0.05, 0.1) is 18.8 Å². The first kappa shape index (κ1) is 21.0. The molecule has 0 aliphatic rings. The number of halogens is 6. The van der Waals surface area contributed by atoms with Crippen LogP contribution in [0.1, 0.15) is 5.56 Å². The number of nitrogens with one attached hydrogen (secondary N) is 1. The second-order valence-electron chi connectivity index (χ2n) is 4.88. The van der Waals surface area contributed by atoms with E-state index in [2.05, 4.69) is 10.1 Å². The summed E-state index contributed by atoms with van der Waals surface area (Å²) >= 11 is 0. The van der Waals surface area contributed by atoms with Gasteiger partial charge in [0.2, 0.25) is 0 Å². The molecule has 0 atom stereocenters. The molecule has 0 fully saturated rings. The standard InChI is InChI=1S/C14H16F6N2O3/c15-13(16,17)9-25-8-6-22(5-7-23)12(24)21-11-3-1-10(2-4-11)14(18,19)20/h1-4,23H,5-9H2,(H,21,24). The topological polar surface area (TPSA) is 61.8 Å². The predicted molar refractivity (Wildman–Crippen MR) is 76.0 cm³/mol. The molecular weight excluding hydrogens is 358 g/mol. The Morgan fingerprint density at radius 2 is 1.68 bits per heavy atom. The largest absolute Gasteiger partial charge is 0.416 e. The van der Waals surface area contributed by atoms with Gasteiger partial charge in [-0.15, -0.1) is 0 Å². The minimum atomic E-state index is -4.51. The third-order valence-corrected chi connectivity index (χ3v) is 2.89. The maximum atomic E-state index is 12.5. The van der Waals surface area contributed by atoms with Crippen LogP contribution >= 0.6 is 0 Å². The summed E-state index contributed by atoms with van der Waals surface area (Å²) in [4.78, 5) is 13.0. The quantitative estimate of drug-likeness (QED) is 0.570. The summed E-state index contributed by atoms with van der Waals surface area (Å²) in [5.41, 5.74) is -0.824. The molecule has 0 unspecified atom stereocenters. The average Bonchev–Trinajstić information content (AvgIpc) is 2.49. The van der Waals surface area contributed by atoms with E-state index in [4.69, 9.17) is 5.11 Å². The molecular formula is C14H16F6N2O3. The van der Waals surface area contributed by atoms with Gasteiger partial charge >= 0.3 is 18.4 Å². The SMILES string of the molecule is O=C(Nc1ccc(C(F)(F)F)cc1)N(CCO)CCOCC(F)(F)F. The first-order chi connectivity index (χ1) is 11.5. The lowest BCUT2D eigenvalue weighted by Gasteiger charge is -2.22. The third kappa shape index (κ3) is 8.07. The van der Waals surface area contributed by atoms with Crippen molar-refractivity contribution >= 4 is 11.7 Å². The number of benzene rings is 1. The molecule has 0 heterocycles. The number of urea groups is 1. The number of aliphatic hydroxyl groups is 1. The summed E-state index contributed by atoms with van der Waals surface area (Å²) < 4.78 is 77.6. The molecule has 1 rings (SSSR count). The number of hydrogen-bond acceptors (Lipinski definition) is 3. The van der Waals surface area contributed by atoms with Crippen LogP contribution < -0.4 is 5.32 Å². The lowest BCUT2D eigenvalue weighted by Crippen LogP contribution is -2.39. The van der Waals surface area contributed by atoms with Gasteiger partial charge < -0.3 is 20.1 Å². The number of carbonyl (C=O) groups excluding carboxylic acids is 1. The molecule has 0 aliphatic carbocycles. The van der Waals surface area contributed by atoms with Gasteiger partial charge in [-0.25, -0.2) is 4.79 Å². The van der Waals surface area contributed by atoms with Crippen LogP contribution in [0.4, 0.5) is 36.8 Å². The molecule has 1 aromatic rings. The summed E-state index contributed by atoms with van der Waals surface area (Å²) in [5.74, 6) is 0. The van der Waals surface area contributed by atoms with Gasteiger partial charge in [-0.05, 0) is 24.3 Å². The van der Waals surface area contributed by atoms with E-state index in [1.165, 1.54) is 0 Å². The zero-order chi connectivity index (χ0) is 19.1. The molecule has 2 amide bonds. The number of aliphatic hydroxyl groups excluding tert-OH is 1. The lowest BCUT2D eigenvalue weighted by molar-refractivity contribution is -0.174. The van der Waals surface area contributed by atoms with Gasteiger partial charge in [-0.3, -0.25) is 0 Å². The number of rotatable bonds is 7. The first-order valence-electron chi connectivity index (χ1n) is 7.01. The Kier molecular flexibility index (Phi) is 7.49. The second kappa shape index (κ2) is 8.90. The summed E-state index contributed by atoms with van der Waals surface area (Å²) in [6.07, 6.45) is -9.01. The molecule has 0 aromatic heterocycles. The van der Waals surface area contributed by atoms with Crippen LogP contribution in [0, 0.1) is 0 Å². The molecule has 0 saturated heterocycles. The molecule has 142 valence electrons. The molecule has 2 N–H and O–H groups in total. The Bertz CT molecular complexity index is 545. The Hall–Kier alpha value is -2.01. The van der Waals surface area contributed by atoms with Crippen molar-refractivity contribution < 1.29 is 41.0 Å². The van der Waals surface area contributed by atoms with Crippen molar-refractivity contribution in [3.05, 3.63) is 29.8 Å². The number of carbonyl (C=O) groups is 1. The summed E-state index contributed by atoms with van der Waals surface area (Å²) in [5, 5.41) is 11.2. The Labute approximate surface area is 139 Å². The van der Waals surface area contributed by atoms with Crippen molar-refractivity contribution in [3.63, 3.8) is 0 Å². The maximum Gasteiger partial charge on any atom is 0.416 e. The molecule has 11 heteroatoms. The Morgan fingerprint density at radius 3 is 2.16 bits per heavy atom. The maximum absolute atomic E-state index is 12.5. The van der Waals surface area contributed by atoms with Gasteiger partial charge in [-0.2, -0.15) is 26.3 Å². The molecule has 5 nitrogen and oxygen atoms in total. The summed E-state index contributed by atoms with van der Waals surface area (Å²) in [6.45, 7) is -2.74. The number of amides is 2. The van der Waals surface area contributed by atoms with E-state index in [1.807, 2.05) is 0 Å². The minimum Gasteiger partial charge on any atom is -0.395 e. The monoisotopic (exact) mass is 374 g/mol. The van der Waals surface area contributed by atoms with Gasteiger partial charge in [0, 0.05) is 18.8 Å². The first-order valence-corrected chi connectivity index (χ1v) is 7.01. The van der Waals surface area contributed by atoms with Crippen LogP contribution in [0.15, 0.2) is 24.3 Å². The number of ether oxygens (including phenoxy) is 1. The number of alkyl halides is 6. The van der Waals surface area contributed by atoms with Crippen LogP contribution in [0.25, 0.3) is 0 Å². The summed E-state index contributed by atoms with van der Waals surface area (Å²) in [6, 6.07) is 2.84. The van der Waals surface area contributed by atoms with E-state index >= 15 is 0 Å². The van der Waals surface area contributed by atoms with E-state index in [0.29, 0.717) is 0 Å². The molecule has 0 bridgehead atoms. The van der Waals surface area contributed by atoms with Crippen molar-refractivity contribution in [2.75, 3.05) is 38.2 Å². The van der Waals surface area contributed by atoms with Gasteiger partial charge in [0.25, 0.3) is 0 Å². The highest BCUT2D eigenvalue weighted by atomic mass is 19.4. The van der Waals surface area contributed by atoms with Crippen molar-refractivity contribution in [1.29, 1.82) is 0 Å². The van der Waals surface area contributed by atoms with Crippen LogP contribution in [0.2, 0.25) is 0 Å². The van der Waals surface area contributed by atoms with E-state index in [1.54, 1.807) is 0 Å². The van der Waals surface area contributed by atoms with Crippen LogP contribution in [-0.4, -0.2) is 55.1 Å². The summed E-state index contributed by atoms with van der Waals surface area (Å²) in [7, 11) is 0. The fraction of sp³-hybridized carbons (Fsp3) is 0.500. The van der Waals surface area contributed by atoms with Gasteiger partial charge in [0.15, 0.2) is 0 Å². The number of anilines is 1. The second-order valence-corrected chi connectivity index (χ2v) is 4.88. The molecule has 0 aliphatic heterocycles. The van der Waals surface area contributed by atoms with Crippen molar-refractivity contribution in [3.8, 4) is 0 Å². The smallest absolute Gasteiger partial charge is 0.395 e. The van der Waals surface area contributed by atoms with Gasteiger partial charge in [-0.1, -0.05) is 0 Å². The van der Waals surface area contributed by atoms with Crippen molar-refractivity contribution in [2.24, 2.45) is 0 Å². The zero-order valence-electron chi connectivity index (χ0n) is 12.8. The molecule has 0 saturated carbocycles. The van der Waals surface area contributed by atoms with E-state index in [0.717, 1.165) is 29.2 Å². The Balaban J connectivity index is 2.58. The third-order valence-electron chi connectivity index (χ3n) is 2.89. The van der Waals surface area contributed by atoms with Crippen molar-refractivity contribution in [1.82, 2.24) is 4.90 Å². The number of nitrogens with zero attached hydrogens (tertiary/aromatic N) is 1. The zero-order valence-corrected chi connectivity index (χ0v) is 12.8. The van der Waals surface area contributed by atoms with E-state index in [-0.39, 0.29) is 18.8 Å².